The first kappa shape index (κ1) is 22.8. The second-order valence-electron chi connectivity index (χ2n) is 10.2. The minimum atomic E-state index is -0.832. The van der Waals surface area contributed by atoms with E-state index in [1.807, 2.05) is 30.3 Å². The molecular weight excluding hydrogens is 446 g/mol. The molecule has 1 aliphatic heterocycles. The van der Waals surface area contributed by atoms with Crippen LogP contribution in [-0.4, -0.2) is 23.7 Å². The molecule has 4 aromatic carbocycles. The molecule has 1 fully saturated rings. The van der Waals surface area contributed by atoms with E-state index in [2.05, 4.69) is 66.8 Å². The number of ether oxygens (including phenoxy) is 1. The average molecular weight is 478 g/mol. The van der Waals surface area contributed by atoms with Crippen LogP contribution in [0.2, 0.25) is 0 Å². The van der Waals surface area contributed by atoms with Gasteiger partial charge in [-0.2, -0.15) is 0 Å². The Labute approximate surface area is 211 Å². The number of nitrogens with one attached hydrogen (secondary N) is 1. The van der Waals surface area contributed by atoms with Gasteiger partial charge in [-0.15, -0.1) is 0 Å². The summed E-state index contributed by atoms with van der Waals surface area (Å²) in [5.74, 6) is 0.559. The van der Waals surface area contributed by atoms with E-state index >= 15 is 0 Å². The zero-order valence-corrected chi connectivity index (χ0v) is 20.5. The molecule has 1 saturated carbocycles. The topological polar surface area (TPSA) is 58.6 Å². The molecule has 4 aromatic rings. The van der Waals surface area contributed by atoms with E-state index in [1.165, 1.54) is 16.3 Å². The largest absolute Gasteiger partial charge is 0.489 e. The molecule has 2 aliphatic rings. The summed E-state index contributed by atoms with van der Waals surface area (Å²) in [6.07, 6.45) is 2.96. The number of carboxylic acids is 1. The summed E-state index contributed by atoms with van der Waals surface area (Å²) >= 11 is 0. The molecule has 4 heteroatoms. The highest BCUT2D eigenvalue weighted by Crippen LogP contribution is 2.45. The zero-order chi connectivity index (χ0) is 24.6. The Kier molecular flexibility index (Phi) is 5.98. The number of rotatable bonds is 7. The molecule has 0 bridgehead atoms. The van der Waals surface area contributed by atoms with Gasteiger partial charge in [0.2, 0.25) is 0 Å². The normalized spacial score (nSPS) is 19.9. The van der Waals surface area contributed by atoms with Crippen molar-refractivity contribution in [1.82, 2.24) is 5.32 Å². The highest BCUT2D eigenvalue weighted by molar-refractivity contribution is 5.90. The molecule has 6 rings (SSSR count). The standard InChI is InChI=1S/C32H31NO3/c1-20(25-11-6-8-21-7-2-3-9-26(21)25)33-19-24-18-29(28-10-4-5-12-31(28)36-24)23-15-16-27(22-13-14-22)30(17-23)32(34)35/h2-12,15-17,20,22,24,29,33H,13-14,18-19H2,1H3,(H,34,35)/t20-,24-,29-/m1/s1. The van der Waals surface area contributed by atoms with Gasteiger partial charge in [-0.3, -0.25) is 0 Å². The summed E-state index contributed by atoms with van der Waals surface area (Å²) in [5.41, 5.74) is 4.90. The maximum Gasteiger partial charge on any atom is 0.335 e. The van der Waals surface area contributed by atoms with Crippen LogP contribution < -0.4 is 10.1 Å². The van der Waals surface area contributed by atoms with Gasteiger partial charge in [-0.05, 0) is 71.7 Å². The molecule has 0 amide bonds. The van der Waals surface area contributed by atoms with E-state index in [1.54, 1.807) is 0 Å². The summed E-state index contributed by atoms with van der Waals surface area (Å²) in [4.78, 5) is 12.1. The van der Waals surface area contributed by atoms with E-state index in [0.717, 1.165) is 41.7 Å². The summed E-state index contributed by atoms with van der Waals surface area (Å²) in [6.45, 7) is 2.91. The van der Waals surface area contributed by atoms with Crippen LogP contribution in [0.5, 0.6) is 5.75 Å². The van der Waals surface area contributed by atoms with Crippen molar-refractivity contribution in [3.63, 3.8) is 0 Å². The predicted octanol–water partition coefficient (Wildman–Crippen LogP) is 7.05. The van der Waals surface area contributed by atoms with Gasteiger partial charge in [0, 0.05) is 24.1 Å². The molecule has 1 heterocycles. The first-order valence-corrected chi connectivity index (χ1v) is 12.9. The van der Waals surface area contributed by atoms with Crippen molar-refractivity contribution in [3.05, 3.63) is 113 Å². The van der Waals surface area contributed by atoms with E-state index in [4.69, 9.17) is 4.74 Å². The van der Waals surface area contributed by atoms with Crippen LogP contribution >= 0.6 is 0 Å². The Morgan fingerprint density at radius 2 is 1.75 bits per heavy atom. The lowest BCUT2D eigenvalue weighted by Gasteiger charge is -2.33. The van der Waals surface area contributed by atoms with Crippen LogP contribution in [0.1, 0.15) is 76.7 Å². The molecule has 0 spiro atoms. The van der Waals surface area contributed by atoms with Crippen LogP contribution in [0.3, 0.4) is 0 Å². The third kappa shape index (κ3) is 4.38. The summed E-state index contributed by atoms with van der Waals surface area (Å²) in [7, 11) is 0. The molecule has 36 heavy (non-hydrogen) atoms. The fraction of sp³-hybridized carbons (Fsp3) is 0.281. The zero-order valence-electron chi connectivity index (χ0n) is 20.5. The number of carboxylic acid groups (broad SMARTS) is 1. The summed E-state index contributed by atoms with van der Waals surface area (Å²) in [6, 6.07) is 29.4. The Hall–Kier alpha value is -3.63. The van der Waals surface area contributed by atoms with Gasteiger partial charge < -0.3 is 15.2 Å². The molecule has 1 aliphatic carbocycles. The number of hydrogen-bond acceptors (Lipinski definition) is 3. The SMILES string of the molecule is C[C@@H](NC[C@H]1C[C@H](c2ccc(C3CC3)c(C(=O)O)c2)c2ccccc2O1)c1cccc2ccccc12. The lowest BCUT2D eigenvalue weighted by atomic mass is 9.82. The maximum absolute atomic E-state index is 12.1. The number of fused-ring (bicyclic) bond motifs is 2. The van der Waals surface area contributed by atoms with Gasteiger partial charge in [-0.1, -0.05) is 72.8 Å². The number of benzene rings is 4. The second kappa shape index (κ2) is 9.44. The highest BCUT2D eigenvalue weighted by Gasteiger charge is 2.32. The Morgan fingerprint density at radius 1 is 0.972 bits per heavy atom. The third-order valence-corrected chi connectivity index (χ3v) is 7.76. The smallest absolute Gasteiger partial charge is 0.335 e. The van der Waals surface area contributed by atoms with Crippen molar-refractivity contribution in [2.75, 3.05) is 6.54 Å². The Balaban J connectivity index is 1.25. The van der Waals surface area contributed by atoms with Crippen molar-refractivity contribution >= 4 is 16.7 Å². The van der Waals surface area contributed by atoms with Gasteiger partial charge in [0.1, 0.15) is 11.9 Å². The fourth-order valence-electron chi connectivity index (χ4n) is 5.71. The molecule has 0 saturated heterocycles. The minimum Gasteiger partial charge on any atom is -0.489 e. The van der Waals surface area contributed by atoms with Crippen molar-refractivity contribution in [3.8, 4) is 5.75 Å². The van der Waals surface area contributed by atoms with Crippen LogP contribution in [-0.2, 0) is 0 Å². The van der Waals surface area contributed by atoms with Gasteiger partial charge in [0.15, 0.2) is 0 Å². The average Bonchev–Trinajstić information content (AvgIpc) is 3.76. The molecule has 182 valence electrons. The van der Waals surface area contributed by atoms with Crippen molar-refractivity contribution in [1.29, 1.82) is 0 Å². The monoisotopic (exact) mass is 477 g/mol. The van der Waals surface area contributed by atoms with Gasteiger partial charge in [-0.25, -0.2) is 4.79 Å². The molecule has 0 unspecified atom stereocenters. The second-order valence-corrected chi connectivity index (χ2v) is 10.2. The maximum atomic E-state index is 12.1. The van der Waals surface area contributed by atoms with Crippen LogP contribution in [0.25, 0.3) is 10.8 Å². The number of aromatic carboxylic acids is 1. The van der Waals surface area contributed by atoms with E-state index in [9.17, 15) is 9.90 Å². The third-order valence-electron chi connectivity index (χ3n) is 7.76. The molecule has 2 N–H and O–H groups in total. The Bertz CT molecular complexity index is 1420. The molecular formula is C32H31NO3. The van der Waals surface area contributed by atoms with Crippen molar-refractivity contribution in [2.45, 2.75) is 50.2 Å². The molecule has 0 aromatic heterocycles. The van der Waals surface area contributed by atoms with Crippen LogP contribution in [0, 0.1) is 0 Å². The van der Waals surface area contributed by atoms with Gasteiger partial charge in [0.25, 0.3) is 0 Å². The van der Waals surface area contributed by atoms with E-state index in [-0.39, 0.29) is 18.1 Å². The van der Waals surface area contributed by atoms with Crippen LogP contribution in [0.15, 0.2) is 84.9 Å². The lowest BCUT2D eigenvalue weighted by Crippen LogP contribution is -2.37. The molecule has 0 radical (unpaired) electrons. The van der Waals surface area contributed by atoms with Gasteiger partial charge in [0.05, 0.1) is 5.56 Å². The van der Waals surface area contributed by atoms with E-state index in [0.29, 0.717) is 18.0 Å². The predicted molar refractivity (Wildman–Crippen MR) is 143 cm³/mol. The van der Waals surface area contributed by atoms with Crippen LogP contribution in [0.4, 0.5) is 0 Å². The Morgan fingerprint density at radius 3 is 2.58 bits per heavy atom. The fourth-order valence-corrected chi connectivity index (χ4v) is 5.71. The quantitative estimate of drug-likeness (QED) is 0.299. The molecule has 4 nitrogen and oxygen atoms in total. The molecule has 3 atom stereocenters. The summed E-state index contributed by atoms with van der Waals surface area (Å²) < 4.78 is 6.43. The lowest BCUT2D eigenvalue weighted by molar-refractivity contribution is 0.0695. The number of para-hydroxylation sites is 1. The number of carbonyl (C=O) groups is 1. The van der Waals surface area contributed by atoms with Gasteiger partial charge >= 0.3 is 5.97 Å². The summed E-state index contributed by atoms with van der Waals surface area (Å²) in [5, 5.41) is 16.1. The number of hydrogen-bond donors (Lipinski definition) is 2. The van der Waals surface area contributed by atoms with E-state index < -0.39 is 5.97 Å². The first-order chi connectivity index (χ1) is 17.6. The highest BCUT2D eigenvalue weighted by atomic mass is 16.5. The minimum absolute atomic E-state index is 0.0151. The first-order valence-electron chi connectivity index (χ1n) is 12.9. The van der Waals surface area contributed by atoms with Crippen molar-refractivity contribution in [2.24, 2.45) is 0 Å². The van der Waals surface area contributed by atoms with Crippen molar-refractivity contribution < 1.29 is 14.6 Å².